The lowest BCUT2D eigenvalue weighted by Crippen LogP contribution is -2.34. The van der Waals surface area contributed by atoms with Crippen molar-refractivity contribution >= 4 is 17.7 Å². The van der Waals surface area contributed by atoms with E-state index in [0.29, 0.717) is 13.1 Å². The lowest BCUT2D eigenvalue weighted by Gasteiger charge is -2.04. The molecule has 2 N–H and O–H groups in total. The summed E-state index contributed by atoms with van der Waals surface area (Å²) in [5.74, 6) is 3.59. The van der Waals surface area contributed by atoms with Crippen molar-refractivity contribution in [1.29, 1.82) is 0 Å². The molecule has 0 heterocycles. The quantitative estimate of drug-likeness (QED) is 0.456. The fraction of sp³-hybridized carbons (Fsp3) is 0.700. The molecule has 0 atom stereocenters. The molecule has 0 unspecified atom stereocenters. The summed E-state index contributed by atoms with van der Waals surface area (Å²) in [6, 6.07) is 0. The van der Waals surface area contributed by atoms with Gasteiger partial charge in [0, 0.05) is 6.54 Å². The maximum Gasteiger partial charge on any atom is 0.233 e. The number of hydrogen-bond donors (Lipinski definition) is 2. The van der Waals surface area contributed by atoms with Crippen LogP contribution in [0.5, 0.6) is 0 Å². The SMILES string of the molecule is C#CCNCC(=O)NCCCCSC. The smallest absolute Gasteiger partial charge is 0.233 e. The largest absolute Gasteiger partial charge is 0.355 e. The standard InChI is InChI=1S/C10H18N2OS/c1-3-6-11-9-10(13)12-7-4-5-8-14-2/h1,11H,4-9H2,2H3,(H,12,13). The van der Waals surface area contributed by atoms with E-state index in [-0.39, 0.29) is 5.91 Å². The Bertz CT molecular complexity index is 189. The molecule has 0 saturated carbocycles. The molecule has 0 spiro atoms. The van der Waals surface area contributed by atoms with Crippen molar-refractivity contribution < 1.29 is 4.79 Å². The van der Waals surface area contributed by atoms with E-state index in [0.717, 1.165) is 25.1 Å². The summed E-state index contributed by atoms with van der Waals surface area (Å²) >= 11 is 1.83. The van der Waals surface area contributed by atoms with Crippen LogP contribution in [-0.4, -0.2) is 37.6 Å². The van der Waals surface area contributed by atoms with Crippen molar-refractivity contribution in [2.75, 3.05) is 31.6 Å². The topological polar surface area (TPSA) is 41.1 Å². The van der Waals surface area contributed by atoms with Crippen LogP contribution in [0.25, 0.3) is 0 Å². The number of nitrogens with one attached hydrogen (secondary N) is 2. The van der Waals surface area contributed by atoms with E-state index in [9.17, 15) is 4.79 Å². The van der Waals surface area contributed by atoms with E-state index >= 15 is 0 Å². The van der Waals surface area contributed by atoms with E-state index in [1.165, 1.54) is 0 Å². The Kier molecular flexibility index (Phi) is 9.93. The van der Waals surface area contributed by atoms with Gasteiger partial charge in [-0.15, -0.1) is 6.42 Å². The molecular formula is C10H18N2OS. The van der Waals surface area contributed by atoms with Crippen LogP contribution in [0.1, 0.15) is 12.8 Å². The van der Waals surface area contributed by atoms with Gasteiger partial charge in [0.1, 0.15) is 0 Å². The van der Waals surface area contributed by atoms with E-state index < -0.39 is 0 Å². The molecule has 0 saturated heterocycles. The molecule has 3 nitrogen and oxygen atoms in total. The number of terminal acetylenes is 1. The lowest BCUT2D eigenvalue weighted by molar-refractivity contribution is -0.120. The third-order valence-corrected chi connectivity index (χ3v) is 2.31. The van der Waals surface area contributed by atoms with Crippen LogP contribution >= 0.6 is 11.8 Å². The Labute approximate surface area is 90.4 Å². The number of hydrogen-bond acceptors (Lipinski definition) is 3. The maximum atomic E-state index is 11.1. The monoisotopic (exact) mass is 214 g/mol. The molecule has 14 heavy (non-hydrogen) atoms. The molecule has 4 heteroatoms. The minimum atomic E-state index is 0.0180. The third-order valence-electron chi connectivity index (χ3n) is 1.61. The Balaban J connectivity index is 3.15. The second-order valence-electron chi connectivity index (χ2n) is 2.86. The van der Waals surface area contributed by atoms with Crippen LogP contribution in [0.4, 0.5) is 0 Å². The molecule has 0 radical (unpaired) electrons. The van der Waals surface area contributed by atoms with Gasteiger partial charge in [-0.2, -0.15) is 11.8 Å². The van der Waals surface area contributed by atoms with Gasteiger partial charge in [0.2, 0.25) is 5.91 Å². The van der Waals surface area contributed by atoms with Gasteiger partial charge < -0.3 is 5.32 Å². The van der Waals surface area contributed by atoms with Crippen molar-refractivity contribution in [2.24, 2.45) is 0 Å². The van der Waals surface area contributed by atoms with Gasteiger partial charge in [0.25, 0.3) is 0 Å². The summed E-state index contributed by atoms with van der Waals surface area (Å²) in [4.78, 5) is 11.1. The highest BCUT2D eigenvalue weighted by molar-refractivity contribution is 7.98. The number of carbonyl (C=O) groups is 1. The van der Waals surface area contributed by atoms with Crippen molar-refractivity contribution in [3.8, 4) is 12.3 Å². The van der Waals surface area contributed by atoms with E-state index in [2.05, 4.69) is 22.8 Å². The van der Waals surface area contributed by atoms with Crippen molar-refractivity contribution in [3.05, 3.63) is 0 Å². The molecule has 80 valence electrons. The molecular weight excluding hydrogens is 196 g/mol. The van der Waals surface area contributed by atoms with Gasteiger partial charge in [0.15, 0.2) is 0 Å². The highest BCUT2D eigenvalue weighted by atomic mass is 32.2. The average molecular weight is 214 g/mol. The van der Waals surface area contributed by atoms with Crippen molar-refractivity contribution in [3.63, 3.8) is 0 Å². The van der Waals surface area contributed by atoms with Gasteiger partial charge in [-0.1, -0.05) is 5.92 Å². The average Bonchev–Trinajstić information content (AvgIpc) is 2.18. The third kappa shape index (κ3) is 9.43. The summed E-state index contributed by atoms with van der Waals surface area (Å²) in [5, 5.41) is 5.66. The van der Waals surface area contributed by atoms with Gasteiger partial charge in [-0.05, 0) is 24.9 Å². The fourth-order valence-corrected chi connectivity index (χ4v) is 1.40. The highest BCUT2D eigenvalue weighted by Gasteiger charge is 1.97. The van der Waals surface area contributed by atoms with Crippen LogP contribution < -0.4 is 10.6 Å². The molecule has 0 aromatic heterocycles. The van der Waals surface area contributed by atoms with Crippen molar-refractivity contribution in [2.45, 2.75) is 12.8 Å². The van der Waals surface area contributed by atoms with Gasteiger partial charge >= 0.3 is 0 Å². The Morgan fingerprint density at radius 3 is 2.93 bits per heavy atom. The molecule has 0 rings (SSSR count). The minimum Gasteiger partial charge on any atom is -0.355 e. The summed E-state index contributed by atoms with van der Waals surface area (Å²) in [7, 11) is 0. The number of rotatable bonds is 8. The van der Waals surface area contributed by atoms with Crippen LogP contribution in [0.15, 0.2) is 0 Å². The molecule has 1 amide bonds. The van der Waals surface area contributed by atoms with Crippen LogP contribution in [-0.2, 0) is 4.79 Å². The van der Waals surface area contributed by atoms with E-state index in [1.54, 1.807) is 0 Å². The summed E-state index contributed by atoms with van der Waals surface area (Å²) in [5.41, 5.74) is 0. The first-order valence-corrected chi connectivity index (χ1v) is 6.10. The molecule has 0 aliphatic carbocycles. The second kappa shape index (κ2) is 10.4. The zero-order valence-electron chi connectivity index (χ0n) is 8.64. The minimum absolute atomic E-state index is 0.0180. The number of thioether (sulfide) groups is 1. The summed E-state index contributed by atoms with van der Waals surface area (Å²) < 4.78 is 0. The number of carbonyl (C=O) groups excluding carboxylic acids is 1. The number of amides is 1. The normalized spacial score (nSPS) is 9.43. The Morgan fingerprint density at radius 2 is 2.29 bits per heavy atom. The van der Waals surface area contributed by atoms with Crippen LogP contribution in [0.2, 0.25) is 0 Å². The first kappa shape index (κ1) is 13.3. The number of unbranched alkanes of at least 4 members (excludes halogenated alkanes) is 1. The predicted octanol–water partition coefficient (Wildman–Crippen LogP) is 0.469. The van der Waals surface area contributed by atoms with Crippen LogP contribution in [0, 0.1) is 12.3 Å². The lowest BCUT2D eigenvalue weighted by atomic mass is 10.3. The molecule has 0 aliphatic rings. The Morgan fingerprint density at radius 1 is 1.50 bits per heavy atom. The zero-order valence-corrected chi connectivity index (χ0v) is 9.45. The van der Waals surface area contributed by atoms with E-state index in [4.69, 9.17) is 6.42 Å². The van der Waals surface area contributed by atoms with Gasteiger partial charge in [0.05, 0.1) is 13.1 Å². The summed E-state index contributed by atoms with van der Waals surface area (Å²) in [6.45, 7) is 1.52. The van der Waals surface area contributed by atoms with Crippen molar-refractivity contribution in [1.82, 2.24) is 10.6 Å². The first-order chi connectivity index (χ1) is 6.81. The van der Waals surface area contributed by atoms with Gasteiger partial charge in [-0.3, -0.25) is 10.1 Å². The molecule has 0 bridgehead atoms. The fourth-order valence-electron chi connectivity index (χ4n) is 0.910. The first-order valence-electron chi connectivity index (χ1n) is 4.71. The van der Waals surface area contributed by atoms with Gasteiger partial charge in [-0.25, -0.2) is 0 Å². The molecule has 0 aromatic carbocycles. The molecule has 0 aliphatic heterocycles. The Hall–Kier alpha value is -0.660. The zero-order chi connectivity index (χ0) is 10.6. The highest BCUT2D eigenvalue weighted by Crippen LogP contribution is 1.97. The molecule has 0 aromatic rings. The predicted molar refractivity (Wildman–Crippen MR) is 62.3 cm³/mol. The van der Waals surface area contributed by atoms with E-state index in [1.807, 2.05) is 11.8 Å². The second-order valence-corrected chi connectivity index (χ2v) is 3.84. The van der Waals surface area contributed by atoms with Crippen LogP contribution in [0.3, 0.4) is 0 Å². The maximum absolute atomic E-state index is 11.1. The molecule has 0 fully saturated rings. The summed E-state index contributed by atoms with van der Waals surface area (Å²) in [6.07, 6.45) is 9.30.